The topological polar surface area (TPSA) is 92.3 Å². The highest BCUT2D eigenvalue weighted by molar-refractivity contribution is 7.89. The molecule has 0 fully saturated rings. The molecule has 1 amide bonds. The summed E-state index contributed by atoms with van der Waals surface area (Å²) in [6.07, 6.45) is 2.85. The molecule has 1 heterocycles. The van der Waals surface area contributed by atoms with Gasteiger partial charge >= 0.3 is 0 Å². The van der Waals surface area contributed by atoms with Gasteiger partial charge in [0.05, 0.1) is 15.5 Å². The third-order valence-electron chi connectivity index (χ3n) is 4.02. The highest BCUT2D eigenvalue weighted by Crippen LogP contribution is 2.25. The van der Waals surface area contributed by atoms with Gasteiger partial charge in [0.15, 0.2) is 0 Å². The van der Waals surface area contributed by atoms with E-state index in [1.165, 1.54) is 40.9 Å². The molecule has 148 valence electrons. The fourth-order valence-electron chi connectivity index (χ4n) is 2.18. The molecule has 0 unspecified atom stereocenters. The van der Waals surface area contributed by atoms with Crippen molar-refractivity contribution in [3.05, 3.63) is 33.8 Å². The monoisotopic (exact) mass is 430 g/mol. The number of benzene rings is 1. The molecule has 1 aromatic heterocycles. The highest BCUT2D eigenvalue weighted by Gasteiger charge is 2.25. The Labute approximate surface area is 168 Å². The average Bonchev–Trinajstić information content (AvgIpc) is 3.06. The number of hydrogen-bond acceptors (Lipinski definition) is 6. The van der Waals surface area contributed by atoms with E-state index in [1.54, 1.807) is 13.8 Å². The maximum absolute atomic E-state index is 12.7. The summed E-state index contributed by atoms with van der Waals surface area (Å²) < 4.78 is 26.5. The molecule has 0 atom stereocenters. The van der Waals surface area contributed by atoms with Gasteiger partial charge in [-0.1, -0.05) is 36.3 Å². The second-order valence-electron chi connectivity index (χ2n) is 6.32. The van der Waals surface area contributed by atoms with Gasteiger partial charge in [0.25, 0.3) is 5.91 Å². The minimum atomic E-state index is -3.72. The fourth-order valence-corrected chi connectivity index (χ4v) is 4.55. The van der Waals surface area contributed by atoms with Gasteiger partial charge in [-0.25, -0.2) is 8.42 Å². The molecular weight excluding hydrogens is 408 g/mol. The molecule has 0 spiro atoms. The smallest absolute Gasteiger partial charge is 0.259 e. The van der Waals surface area contributed by atoms with Crippen LogP contribution in [-0.2, 0) is 16.4 Å². The van der Waals surface area contributed by atoms with Crippen molar-refractivity contribution >= 4 is 44.0 Å². The molecule has 0 radical (unpaired) electrons. The summed E-state index contributed by atoms with van der Waals surface area (Å²) in [5.74, 6) is -0.526. The molecule has 10 heteroatoms. The van der Waals surface area contributed by atoms with Crippen LogP contribution < -0.4 is 5.32 Å². The van der Waals surface area contributed by atoms with Crippen LogP contribution in [0.15, 0.2) is 23.1 Å². The van der Waals surface area contributed by atoms with Crippen LogP contribution in [-0.4, -0.2) is 41.9 Å². The van der Waals surface area contributed by atoms with Crippen molar-refractivity contribution < 1.29 is 13.2 Å². The van der Waals surface area contributed by atoms with Crippen molar-refractivity contribution in [2.45, 2.75) is 51.0 Å². The van der Waals surface area contributed by atoms with E-state index in [2.05, 4.69) is 22.4 Å². The minimum Gasteiger partial charge on any atom is -0.296 e. The molecule has 7 nitrogen and oxygen atoms in total. The normalized spacial score (nSPS) is 12.0. The number of halogens is 1. The standard InChI is InChI=1S/C17H23ClN4O3S2/c1-5-6-7-15-20-21-17(26-15)19-16(23)13-10-12(8-9-14(13)18)27(24,25)22(4)11(2)3/h8-11H,5-7H2,1-4H3,(H,19,21,23). The predicted molar refractivity (Wildman–Crippen MR) is 108 cm³/mol. The number of nitrogens with one attached hydrogen (secondary N) is 1. The van der Waals surface area contributed by atoms with Crippen LogP contribution in [0.25, 0.3) is 0 Å². The Balaban J connectivity index is 2.25. The van der Waals surface area contributed by atoms with Crippen molar-refractivity contribution in [3.8, 4) is 0 Å². The number of aromatic nitrogens is 2. The van der Waals surface area contributed by atoms with Crippen LogP contribution in [0.4, 0.5) is 5.13 Å². The summed E-state index contributed by atoms with van der Waals surface area (Å²) in [4.78, 5) is 12.6. The number of nitrogens with zero attached hydrogens (tertiary/aromatic N) is 3. The highest BCUT2D eigenvalue weighted by atomic mass is 35.5. The van der Waals surface area contributed by atoms with E-state index in [0.29, 0.717) is 5.13 Å². The van der Waals surface area contributed by atoms with Crippen molar-refractivity contribution in [2.24, 2.45) is 0 Å². The Morgan fingerprint density at radius 3 is 2.67 bits per heavy atom. The molecule has 0 aliphatic heterocycles. The Hall–Kier alpha value is -1.55. The van der Waals surface area contributed by atoms with Crippen molar-refractivity contribution in [3.63, 3.8) is 0 Å². The van der Waals surface area contributed by atoms with Crippen LogP contribution >= 0.6 is 22.9 Å². The number of anilines is 1. The Morgan fingerprint density at radius 2 is 2.04 bits per heavy atom. The maximum atomic E-state index is 12.7. The number of rotatable bonds is 8. The van der Waals surface area contributed by atoms with Crippen LogP contribution in [0.3, 0.4) is 0 Å². The quantitative estimate of drug-likeness (QED) is 0.687. The molecule has 0 aliphatic rings. The maximum Gasteiger partial charge on any atom is 0.259 e. The third kappa shape index (κ3) is 5.25. The molecule has 2 aromatic rings. The lowest BCUT2D eigenvalue weighted by Gasteiger charge is -2.21. The first-order valence-corrected chi connectivity index (χ1v) is 11.2. The summed E-state index contributed by atoms with van der Waals surface area (Å²) in [5, 5.41) is 12.0. The molecular formula is C17H23ClN4O3S2. The summed E-state index contributed by atoms with van der Waals surface area (Å²) >= 11 is 7.42. The van der Waals surface area contributed by atoms with E-state index in [4.69, 9.17) is 11.6 Å². The van der Waals surface area contributed by atoms with Crippen molar-refractivity contribution in [1.82, 2.24) is 14.5 Å². The number of hydrogen-bond donors (Lipinski definition) is 1. The number of carbonyl (C=O) groups excluding carboxylic acids is 1. The van der Waals surface area contributed by atoms with Crippen LogP contribution in [0, 0.1) is 0 Å². The molecule has 0 aliphatic carbocycles. The second kappa shape index (κ2) is 9.09. The lowest BCUT2D eigenvalue weighted by atomic mass is 10.2. The van der Waals surface area contributed by atoms with Gasteiger partial charge in [-0.05, 0) is 38.5 Å². The lowest BCUT2D eigenvalue weighted by Crippen LogP contribution is -2.33. The SMILES string of the molecule is CCCCc1nnc(NC(=O)c2cc(S(=O)(=O)N(C)C(C)C)ccc2Cl)s1. The second-order valence-corrected chi connectivity index (χ2v) is 9.78. The summed E-state index contributed by atoms with van der Waals surface area (Å²) in [6.45, 7) is 5.63. The molecule has 0 saturated carbocycles. The van der Waals surface area contributed by atoms with E-state index >= 15 is 0 Å². The van der Waals surface area contributed by atoms with Gasteiger partial charge in [0.2, 0.25) is 15.2 Å². The number of carbonyl (C=O) groups is 1. The van der Waals surface area contributed by atoms with E-state index < -0.39 is 15.9 Å². The number of amides is 1. The summed E-state index contributed by atoms with van der Waals surface area (Å²) in [5.41, 5.74) is 0.0696. The average molecular weight is 431 g/mol. The largest absolute Gasteiger partial charge is 0.296 e. The van der Waals surface area contributed by atoms with E-state index in [9.17, 15) is 13.2 Å². The summed E-state index contributed by atoms with van der Waals surface area (Å²) in [7, 11) is -2.23. The number of unbranched alkanes of at least 4 members (excludes halogenated alkanes) is 1. The van der Waals surface area contributed by atoms with Crippen molar-refractivity contribution in [1.29, 1.82) is 0 Å². The molecule has 1 N–H and O–H groups in total. The minimum absolute atomic E-state index is 0.00847. The zero-order valence-corrected chi connectivity index (χ0v) is 18.1. The first-order valence-electron chi connectivity index (χ1n) is 8.58. The predicted octanol–water partition coefficient (Wildman–Crippen LogP) is 3.82. The van der Waals surface area contributed by atoms with Crippen LogP contribution in [0.2, 0.25) is 5.02 Å². The first kappa shape index (κ1) is 21.7. The zero-order valence-electron chi connectivity index (χ0n) is 15.7. The first-order chi connectivity index (χ1) is 12.7. The fraction of sp³-hybridized carbons (Fsp3) is 0.471. The van der Waals surface area contributed by atoms with Crippen molar-refractivity contribution in [2.75, 3.05) is 12.4 Å². The summed E-state index contributed by atoms with van der Waals surface area (Å²) in [6, 6.07) is 3.86. The Kier molecular flexibility index (Phi) is 7.32. The van der Waals surface area contributed by atoms with E-state index in [1.807, 2.05) is 0 Å². The van der Waals surface area contributed by atoms with Crippen LogP contribution in [0.1, 0.15) is 49.0 Å². The zero-order chi connectivity index (χ0) is 20.2. The van der Waals surface area contributed by atoms with Gasteiger partial charge in [0.1, 0.15) is 5.01 Å². The number of sulfonamides is 1. The van der Waals surface area contributed by atoms with Crippen LogP contribution in [0.5, 0.6) is 0 Å². The molecule has 1 aromatic carbocycles. The Morgan fingerprint density at radius 1 is 1.33 bits per heavy atom. The lowest BCUT2D eigenvalue weighted by molar-refractivity contribution is 0.102. The van der Waals surface area contributed by atoms with Gasteiger partial charge in [-0.3, -0.25) is 10.1 Å². The third-order valence-corrected chi connectivity index (χ3v) is 7.28. The van der Waals surface area contributed by atoms with Gasteiger partial charge in [-0.15, -0.1) is 10.2 Å². The van der Waals surface area contributed by atoms with Gasteiger partial charge < -0.3 is 0 Å². The number of aryl methyl sites for hydroxylation is 1. The van der Waals surface area contributed by atoms with E-state index in [-0.39, 0.29) is 21.5 Å². The van der Waals surface area contributed by atoms with Gasteiger partial charge in [0, 0.05) is 19.5 Å². The van der Waals surface area contributed by atoms with Gasteiger partial charge in [-0.2, -0.15) is 4.31 Å². The molecule has 0 saturated heterocycles. The van der Waals surface area contributed by atoms with E-state index in [0.717, 1.165) is 24.3 Å². The molecule has 27 heavy (non-hydrogen) atoms. The Bertz CT molecular complexity index is 913. The molecule has 2 rings (SSSR count). The molecule has 0 bridgehead atoms.